The van der Waals surface area contributed by atoms with Crippen LogP contribution in [0.25, 0.3) is 0 Å². The van der Waals surface area contributed by atoms with E-state index >= 15 is 0 Å². The van der Waals surface area contributed by atoms with Crippen LogP contribution in [0.2, 0.25) is 0 Å². The Morgan fingerprint density at radius 1 is 1.12 bits per heavy atom. The second kappa shape index (κ2) is 4.23. The zero-order valence-electron chi connectivity index (χ0n) is 8.72. The summed E-state index contributed by atoms with van der Waals surface area (Å²) in [5, 5.41) is 0. The molecule has 1 aromatic carbocycles. The Bertz CT molecular complexity index is 364. The molecule has 0 spiro atoms. The van der Waals surface area contributed by atoms with Crippen molar-refractivity contribution in [3.8, 4) is 0 Å². The van der Waals surface area contributed by atoms with Crippen LogP contribution in [0.3, 0.4) is 0 Å². The van der Waals surface area contributed by atoms with Crippen LogP contribution in [-0.2, 0) is 0 Å². The summed E-state index contributed by atoms with van der Waals surface area (Å²) in [6, 6.07) is 2.17. The molecule has 1 heterocycles. The average molecular weight is 230 g/mol. The largest absolute Gasteiger partial charge is 0.399 e. The van der Waals surface area contributed by atoms with E-state index in [-0.39, 0.29) is 11.4 Å². The van der Waals surface area contributed by atoms with Crippen LogP contribution in [-0.4, -0.2) is 19.3 Å². The lowest BCUT2D eigenvalue weighted by Gasteiger charge is -2.31. The number of hydrogen-bond acceptors (Lipinski definition) is 2. The molecule has 2 nitrogen and oxygen atoms in total. The van der Waals surface area contributed by atoms with Gasteiger partial charge >= 0.3 is 0 Å². The van der Waals surface area contributed by atoms with Crippen LogP contribution in [0.1, 0.15) is 12.8 Å². The molecule has 1 aromatic rings. The van der Waals surface area contributed by atoms with E-state index in [0.29, 0.717) is 25.9 Å². The number of nitrogens with zero attached hydrogens (tertiary/aromatic N) is 1. The fourth-order valence-corrected chi connectivity index (χ4v) is 1.96. The normalized spacial score (nSPS) is 17.8. The van der Waals surface area contributed by atoms with Gasteiger partial charge in [0.1, 0.15) is 11.9 Å². The van der Waals surface area contributed by atoms with Gasteiger partial charge in [0, 0.05) is 18.8 Å². The number of hydrogen-bond donors (Lipinski definition) is 1. The van der Waals surface area contributed by atoms with E-state index in [2.05, 4.69) is 0 Å². The number of benzene rings is 1. The number of halogens is 3. The highest BCUT2D eigenvalue weighted by Gasteiger charge is 2.23. The van der Waals surface area contributed by atoms with Gasteiger partial charge in [-0.15, -0.1) is 0 Å². The molecule has 0 unspecified atom stereocenters. The van der Waals surface area contributed by atoms with Crippen LogP contribution < -0.4 is 10.6 Å². The Hall–Kier alpha value is -1.39. The van der Waals surface area contributed by atoms with E-state index in [1.54, 1.807) is 0 Å². The van der Waals surface area contributed by atoms with Crippen LogP contribution in [0.5, 0.6) is 0 Å². The highest BCUT2D eigenvalue weighted by atomic mass is 19.1. The standard InChI is InChI=1S/C11H13F3N2/c12-7-1-3-16(4-2-7)11-9(13)5-8(15)6-10(11)14/h5-7H,1-4,15H2. The topological polar surface area (TPSA) is 29.3 Å². The fourth-order valence-electron chi connectivity index (χ4n) is 1.96. The number of nitrogen functional groups attached to an aromatic ring is 1. The van der Waals surface area contributed by atoms with Crippen molar-refractivity contribution in [3.05, 3.63) is 23.8 Å². The monoisotopic (exact) mass is 230 g/mol. The van der Waals surface area contributed by atoms with Gasteiger partial charge in [-0.1, -0.05) is 0 Å². The lowest BCUT2D eigenvalue weighted by molar-refractivity contribution is 0.276. The van der Waals surface area contributed by atoms with Gasteiger partial charge in [0.25, 0.3) is 0 Å². The third-order valence-corrected chi connectivity index (χ3v) is 2.78. The number of rotatable bonds is 1. The second-order valence-corrected chi connectivity index (χ2v) is 3.99. The first-order chi connectivity index (χ1) is 7.58. The average Bonchev–Trinajstić information content (AvgIpc) is 2.19. The van der Waals surface area contributed by atoms with Gasteiger partial charge in [-0.05, 0) is 25.0 Å². The molecule has 88 valence electrons. The molecular formula is C11H13F3N2. The van der Waals surface area contributed by atoms with Gasteiger partial charge in [0.2, 0.25) is 0 Å². The second-order valence-electron chi connectivity index (χ2n) is 3.99. The Labute approximate surface area is 91.8 Å². The Morgan fingerprint density at radius 2 is 1.62 bits per heavy atom. The maximum absolute atomic E-state index is 13.5. The maximum Gasteiger partial charge on any atom is 0.151 e. The molecule has 0 bridgehead atoms. The Balaban J connectivity index is 2.26. The zero-order valence-corrected chi connectivity index (χ0v) is 8.72. The first kappa shape index (κ1) is 11.1. The summed E-state index contributed by atoms with van der Waals surface area (Å²) >= 11 is 0. The van der Waals surface area contributed by atoms with E-state index in [1.165, 1.54) is 4.90 Å². The van der Waals surface area contributed by atoms with Crippen molar-refractivity contribution >= 4 is 11.4 Å². The van der Waals surface area contributed by atoms with Crippen LogP contribution in [0.4, 0.5) is 24.5 Å². The molecule has 0 aliphatic carbocycles. The van der Waals surface area contributed by atoms with Crippen molar-refractivity contribution in [2.75, 3.05) is 23.7 Å². The molecular weight excluding hydrogens is 217 g/mol. The predicted octanol–water partition coefficient (Wildman–Crippen LogP) is 2.49. The number of piperidine rings is 1. The number of alkyl halides is 1. The van der Waals surface area contributed by atoms with E-state index in [4.69, 9.17) is 5.73 Å². The van der Waals surface area contributed by atoms with Crippen molar-refractivity contribution in [3.63, 3.8) is 0 Å². The lowest BCUT2D eigenvalue weighted by atomic mass is 10.1. The van der Waals surface area contributed by atoms with Gasteiger partial charge in [0.05, 0.1) is 0 Å². The van der Waals surface area contributed by atoms with Crippen LogP contribution in [0, 0.1) is 11.6 Å². The molecule has 5 heteroatoms. The summed E-state index contributed by atoms with van der Waals surface area (Å²) in [4.78, 5) is 1.53. The summed E-state index contributed by atoms with van der Waals surface area (Å²) in [5.41, 5.74) is 5.28. The van der Waals surface area contributed by atoms with E-state index in [9.17, 15) is 13.2 Å². The first-order valence-corrected chi connectivity index (χ1v) is 5.21. The summed E-state index contributed by atoms with van der Waals surface area (Å²) in [6.45, 7) is 0.665. The molecule has 0 atom stereocenters. The Kier molecular flexibility index (Phi) is 2.94. The summed E-state index contributed by atoms with van der Waals surface area (Å²) in [5.74, 6) is -1.37. The van der Waals surface area contributed by atoms with Crippen molar-refractivity contribution in [1.29, 1.82) is 0 Å². The molecule has 1 fully saturated rings. The molecule has 1 aliphatic rings. The molecule has 0 radical (unpaired) electrons. The van der Waals surface area contributed by atoms with Crippen LogP contribution >= 0.6 is 0 Å². The predicted molar refractivity (Wildman–Crippen MR) is 57.1 cm³/mol. The molecule has 0 saturated carbocycles. The minimum Gasteiger partial charge on any atom is -0.399 e. The minimum absolute atomic E-state index is 0.0547. The van der Waals surface area contributed by atoms with Crippen molar-refractivity contribution in [1.82, 2.24) is 0 Å². The van der Waals surface area contributed by atoms with Gasteiger partial charge in [-0.3, -0.25) is 0 Å². The van der Waals surface area contributed by atoms with Crippen molar-refractivity contribution in [2.45, 2.75) is 19.0 Å². The van der Waals surface area contributed by atoms with E-state index < -0.39 is 17.8 Å². The summed E-state index contributed by atoms with van der Waals surface area (Å²) in [6.07, 6.45) is -0.247. The highest BCUT2D eigenvalue weighted by Crippen LogP contribution is 2.28. The van der Waals surface area contributed by atoms with E-state index in [0.717, 1.165) is 12.1 Å². The third-order valence-electron chi connectivity index (χ3n) is 2.78. The molecule has 0 amide bonds. The molecule has 1 saturated heterocycles. The molecule has 16 heavy (non-hydrogen) atoms. The van der Waals surface area contributed by atoms with Crippen molar-refractivity contribution in [2.24, 2.45) is 0 Å². The lowest BCUT2D eigenvalue weighted by Crippen LogP contribution is -2.35. The molecule has 0 aromatic heterocycles. The third kappa shape index (κ3) is 2.08. The molecule has 2 N–H and O–H groups in total. The van der Waals surface area contributed by atoms with Gasteiger partial charge in [-0.25, -0.2) is 13.2 Å². The zero-order chi connectivity index (χ0) is 11.7. The number of anilines is 2. The Morgan fingerprint density at radius 3 is 2.12 bits per heavy atom. The first-order valence-electron chi connectivity index (χ1n) is 5.21. The van der Waals surface area contributed by atoms with E-state index in [1.807, 2.05) is 0 Å². The summed E-state index contributed by atoms with van der Waals surface area (Å²) in [7, 11) is 0. The van der Waals surface area contributed by atoms with Gasteiger partial charge in [-0.2, -0.15) is 0 Å². The maximum atomic E-state index is 13.5. The molecule has 2 rings (SSSR count). The van der Waals surface area contributed by atoms with Crippen molar-refractivity contribution < 1.29 is 13.2 Å². The smallest absolute Gasteiger partial charge is 0.151 e. The number of nitrogens with two attached hydrogens (primary N) is 1. The fraction of sp³-hybridized carbons (Fsp3) is 0.455. The van der Waals surface area contributed by atoms with Crippen LogP contribution in [0.15, 0.2) is 12.1 Å². The van der Waals surface area contributed by atoms with Gasteiger partial charge in [0.15, 0.2) is 11.6 Å². The van der Waals surface area contributed by atoms with Gasteiger partial charge < -0.3 is 10.6 Å². The SMILES string of the molecule is Nc1cc(F)c(N2CCC(F)CC2)c(F)c1. The molecule has 1 aliphatic heterocycles. The minimum atomic E-state index is -0.865. The quantitative estimate of drug-likeness (QED) is 0.751. The summed E-state index contributed by atoms with van der Waals surface area (Å²) < 4.78 is 40.0. The highest BCUT2D eigenvalue weighted by molar-refractivity contribution is 5.56.